The summed E-state index contributed by atoms with van der Waals surface area (Å²) >= 11 is 1.77. The first kappa shape index (κ1) is 41.2. The van der Waals surface area contributed by atoms with Gasteiger partial charge in [0.2, 0.25) is 0 Å². The highest BCUT2D eigenvalue weighted by Gasteiger charge is 2.59. The smallest absolute Gasteiger partial charge is 0.162 e. The molecule has 1 spiro atoms. The summed E-state index contributed by atoms with van der Waals surface area (Å²) in [4.78, 5) is 13.2. The van der Waals surface area contributed by atoms with Gasteiger partial charge in [-0.15, -0.1) is 21.5 Å². The largest absolute Gasteiger partial charge is 0.508 e. The Labute approximate surface area is 375 Å². The molecule has 0 radical (unpaired) electrons. The number of halogens is 3. The number of aromatic nitrogens is 3. The highest BCUT2D eigenvalue weighted by molar-refractivity contribution is 7.15. The van der Waals surface area contributed by atoms with Crippen molar-refractivity contribution in [2.24, 2.45) is 10.4 Å². The summed E-state index contributed by atoms with van der Waals surface area (Å²) in [6, 6.07) is 22.7. The number of hydrogen-bond acceptors (Lipinski definition) is 9. The number of aromatic hydroxyl groups is 1. The predicted octanol–water partition coefficient (Wildman–Crippen LogP) is 9.30. The van der Waals surface area contributed by atoms with E-state index in [0.29, 0.717) is 51.3 Å². The van der Waals surface area contributed by atoms with Gasteiger partial charge in [0.05, 0.1) is 11.3 Å². The number of anilines is 2. The number of phenolic OH excluding ortho intramolecular Hbond substituents is 1. The number of thiophene rings is 1. The van der Waals surface area contributed by atoms with Crippen LogP contribution in [-0.4, -0.2) is 87.0 Å². The summed E-state index contributed by atoms with van der Waals surface area (Å²) in [5.41, 5.74) is 7.96. The molecule has 3 aliphatic heterocycles. The maximum Gasteiger partial charge on any atom is 0.162 e. The van der Waals surface area contributed by atoms with Crippen molar-refractivity contribution in [2.75, 3.05) is 55.6 Å². The van der Waals surface area contributed by atoms with E-state index in [0.717, 1.165) is 76.1 Å². The van der Waals surface area contributed by atoms with Crippen molar-refractivity contribution in [3.63, 3.8) is 0 Å². The normalized spacial score (nSPS) is 22.2. The number of benzene rings is 4. The van der Waals surface area contributed by atoms with Gasteiger partial charge in [0.15, 0.2) is 5.82 Å². The van der Waals surface area contributed by atoms with Crippen LogP contribution in [-0.2, 0) is 6.42 Å². The van der Waals surface area contributed by atoms with E-state index in [1.807, 2.05) is 11.8 Å². The lowest BCUT2D eigenvalue weighted by Gasteiger charge is -2.63. The first-order valence-electron chi connectivity index (χ1n) is 22.5. The van der Waals surface area contributed by atoms with Gasteiger partial charge in [-0.2, -0.15) is 0 Å². The Hall–Kier alpha value is -5.50. The third-order valence-electron chi connectivity index (χ3n) is 14.8. The number of rotatable bonds is 7. The molecule has 2 aromatic heterocycles. The Morgan fingerprint density at radius 1 is 0.812 bits per heavy atom. The molecule has 0 amide bonds. The molecule has 0 unspecified atom stereocenters. The number of β-amino-alcohol motifs (C(OH)–C–C–N with tert-alkyl or cyclic N) is 1. The molecular formula is C51H52F3N7O2S. The second-order valence-electron chi connectivity index (χ2n) is 19.2. The van der Waals surface area contributed by atoms with Crippen LogP contribution >= 0.6 is 11.3 Å². The second kappa shape index (κ2) is 15.3. The summed E-state index contributed by atoms with van der Waals surface area (Å²) in [5.74, 6) is -0.628. The first-order chi connectivity index (χ1) is 30.7. The quantitative estimate of drug-likeness (QED) is 0.165. The van der Waals surface area contributed by atoms with E-state index in [1.54, 1.807) is 41.7 Å². The molecule has 11 rings (SSSR count). The molecule has 2 aliphatic carbocycles. The molecule has 5 aliphatic rings. The van der Waals surface area contributed by atoms with E-state index < -0.39 is 23.2 Å². The topological polar surface area (TPSA) is 93.2 Å². The van der Waals surface area contributed by atoms with Gasteiger partial charge in [0.25, 0.3) is 0 Å². The summed E-state index contributed by atoms with van der Waals surface area (Å²) in [5, 5.41) is 31.9. The molecule has 2 saturated heterocycles. The lowest BCUT2D eigenvalue weighted by Crippen LogP contribution is -2.70. The van der Waals surface area contributed by atoms with Crippen LogP contribution in [0.3, 0.4) is 0 Å². The van der Waals surface area contributed by atoms with Crippen molar-refractivity contribution in [2.45, 2.75) is 76.9 Å². The molecule has 2 N–H and O–H groups in total. The lowest BCUT2D eigenvalue weighted by molar-refractivity contribution is -0.152. The van der Waals surface area contributed by atoms with Crippen molar-refractivity contribution in [1.29, 1.82) is 0 Å². The molecular weight excluding hydrogens is 832 g/mol. The zero-order chi connectivity index (χ0) is 44.2. The molecule has 0 bridgehead atoms. The van der Waals surface area contributed by atoms with Gasteiger partial charge in [-0.25, -0.2) is 13.2 Å². The van der Waals surface area contributed by atoms with Crippen LogP contribution in [0.25, 0.3) is 5.00 Å². The van der Waals surface area contributed by atoms with E-state index >= 15 is 8.78 Å². The molecule has 1 saturated carbocycles. The Morgan fingerprint density at radius 3 is 2.22 bits per heavy atom. The summed E-state index contributed by atoms with van der Waals surface area (Å²) < 4.78 is 48.8. The third-order valence-corrected chi connectivity index (χ3v) is 16.0. The highest BCUT2D eigenvalue weighted by Crippen LogP contribution is 2.55. The monoisotopic (exact) mass is 883 g/mol. The molecule has 6 aromatic rings. The Kier molecular flexibility index (Phi) is 9.86. The predicted molar refractivity (Wildman–Crippen MR) is 245 cm³/mol. The fraction of sp³-hybridized carbons (Fsp3) is 0.392. The highest BCUT2D eigenvalue weighted by atomic mass is 32.1. The Balaban J connectivity index is 0.717. The van der Waals surface area contributed by atoms with Crippen LogP contribution in [0.1, 0.15) is 99.5 Å². The maximum absolute atomic E-state index is 16.4. The van der Waals surface area contributed by atoms with E-state index in [4.69, 9.17) is 4.99 Å². The SMILES string of the molecule is Cc1sc2c(c1C)C(c1ccc(N3CC4(C3)CC(O)(CN3CCN(c5cc(F)c([C@H]6c7ccc(O)cc7CC[C@H]6c6ccc(F)cc6)c(F)c5)CC3)C4)cc1)=N[C@@H](C)c1nnc(C)n1-2. The standard InChI is InChI=1S/C51H52F3N7O2S/c1-29-31(3)64-49-44(29)47(55-30(2)48-57-56-32(4)61(48)49)34-7-12-37(13-8-34)60-26-50(27-60)24-51(63,25-50)28-58-17-19-59(20-18-58)38-22-42(53)46(43(54)23-38)45-40(33-5-10-36(52)11-6-33)15-9-35-21-39(62)14-16-41(35)45/h5-8,10-14,16,21-23,30,40,45,62-63H,9,15,17-20,24-28H2,1-4H3/t30-,40-,45+/m0/s1. The Bertz CT molecular complexity index is 2790. The second-order valence-corrected chi connectivity index (χ2v) is 20.4. The molecule has 330 valence electrons. The minimum atomic E-state index is -0.754. The van der Waals surface area contributed by atoms with E-state index in [-0.39, 0.29) is 34.5 Å². The molecule has 4 aromatic carbocycles. The average Bonchev–Trinajstić information content (AvgIpc) is 3.74. The number of hydrogen-bond donors (Lipinski definition) is 2. The van der Waals surface area contributed by atoms with Crippen LogP contribution in [0.2, 0.25) is 0 Å². The first-order valence-corrected chi connectivity index (χ1v) is 23.3. The molecule has 64 heavy (non-hydrogen) atoms. The van der Waals surface area contributed by atoms with Gasteiger partial charge in [-0.3, -0.25) is 14.5 Å². The molecule has 5 heterocycles. The van der Waals surface area contributed by atoms with Crippen LogP contribution < -0.4 is 9.80 Å². The van der Waals surface area contributed by atoms with E-state index in [1.165, 1.54) is 40.4 Å². The minimum absolute atomic E-state index is 0.000469. The number of phenols is 1. The molecule has 3 fully saturated rings. The van der Waals surface area contributed by atoms with Crippen LogP contribution in [0, 0.1) is 43.6 Å². The van der Waals surface area contributed by atoms with Crippen LogP contribution in [0.15, 0.2) is 83.9 Å². The molecule has 13 heteroatoms. The number of piperazine rings is 1. The average molecular weight is 884 g/mol. The van der Waals surface area contributed by atoms with Crippen LogP contribution in [0.4, 0.5) is 24.5 Å². The fourth-order valence-corrected chi connectivity index (χ4v) is 13.0. The van der Waals surface area contributed by atoms with Crippen molar-refractivity contribution in [3.05, 3.63) is 152 Å². The zero-order valence-corrected chi connectivity index (χ0v) is 37.4. The summed E-state index contributed by atoms with van der Waals surface area (Å²) in [6.07, 6.45) is 2.76. The number of aryl methyl sites for hydroxylation is 3. The maximum atomic E-state index is 16.4. The van der Waals surface area contributed by atoms with Crippen molar-refractivity contribution >= 4 is 28.4 Å². The van der Waals surface area contributed by atoms with Gasteiger partial charge >= 0.3 is 0 Å². The van der Waals surface area contributed by atoms with Gasteiger partial charge in [0, 0.05) is 90.1 Å². The lowest BCUT2D eigenvalue weighted by atomic mass is 9.55. The van der Waals surface area contributed by atoms with Crippen molar-refractivity contribution in [1.82, 2.24) is 19.7 Å². The summed E-state index contributed by atoms with van der Waals surface area (Å²) in [7, 11) is 0. The minimum Gasteiger partial charge on any atom is -0.508 e. The van der Waals surface area contributed by atoms with E-state index in [2.05, 4.69) is 69.6 Å². The fourth-order valence-electron chi connectivity index (χ4n) is 11.8. The zero-order valence-electron chi connectivity index (χ0n) is 36.6. The van der Waals surface area contributed by atoms with Gasteiger partial charge in [0.1, 0.15) is 40.1 Å². The number of nitrogens with zero attached hydrogens (tertiary/aromatic N) is 7. The van der Waals surface area contributed by atoms with E-state index in [9.17, 15) is 14.6 Å². The van der Waals surface area contributed by atoms with Gasteiger partial charge < -0.3 is 20.0 Å². The third kappa shape index (κ3) is 6.93. The number of aliphatic imine (C=N–C) groups is 1. The van der Waals surface area contributed by atoms with Crippen LogP contribution in [0.5, 0.6) is 5.75 Å². The number of aliphatic hydroxyl groups is 1. The number of fused-ring (bicyclic) bond motifs is 4. The van der Waals surface area contributed by atoms with Crippen molar-refractivity contribution in [3.8, 4) is 10.8 Å². The Morgan fingerprint density at radius 2 is 1.52 bits per heavy atom. The molecule has 3 atom stereocenters. The van der Waals surface area contributed by atoms with Crippen molar-refractivity contribution < 1.29 is 23.4 Å². The molecule has 9 nitrogen and oxygen atoms in total. The van der Waals surface area contributed by atoms with Gasteiger partial charge in [-0.05, 0) is 130 Å². The summed E-state index contributed by atoms with van der Waals surface area (Å²) in [6.45, 7) is 13.4. The van der Waals surface area contributed by atoms with Gasteiger partial charge in [-0.1, -0.05) is 30.3 Å².